The molecular formula is C6H15NNa2O2. The Morgan fingerprint density at radius 2 is 2.09 bits per heavy atom. The van der Waals surface area contributed by atoms with Crippen molar-refractivity contribution in [2.45, 2.75) is 31.6 Å². The van der Waals surface area contributed by atoms with Crippen LogP contribution in [0, 0.1) is 0 Å². The summed E-state index contributed by atoms with van der Waals surface area (Å²) in [6.07, 6.45) is 0.519. The van der Waals surface area contributed by atoms with Crippen molar-refractivity contribution in [3.8, 4) is 0 Å². The molecule has 1 aliphatic rings. The van der Waals surface area contributed by atoms with Gasteiger partial charge < -0.3 is 18.4 Å². The van der Waals surface area contributed by atoms with E-state index in [1.165, 1.54) is 0 Å². The van der Waals surface area contributed by atoms with Crippen molar-refractivity contribution in [1.29, 1.82) is 0 Å². The Bertz CT molecular complexity index is 113. The molecular weight excluding hydrogens is 164 g/mol. The predicted octanol–water partition coefficient (Wildman–Crippen LogP) is -6.28. The summed E-state index contributed by atoms with van der Waals surface area (Å²) < 4.78 is 5.13. The molecule has 0 aliphatic carbocycles. The second-order valence-corrected chi connectivity index (χ2v) is 2.61. The molecule has 0 unspecified atom stereocenters. The third-order valence-corrected chi connectivity index (χ3v) is 1.65. The van der Waals surface area contributed by atoms with Crippen LogP contribution in [0.25, 0.3) is 0 Å². The van der Waals surface area contributed by atoms with Crippen LogP contribution in [0.2, 0.25) is 0 Å². The van der Waals surface area contributed by atoms with Crippen LogP contribution in [0.3, 0.4) is 0 Å². The number of hydrogen-bond donors (Lipinski definition) is 2. The molecule has 0 aromatic carbocycles. The largest absolute Gasteiger partial charge is 1.00 e. The van der Waals surface area contributed by atoms with E-state index in [-0.39, 0.29) is 74.1 Å². The molecule has 1 rings (SSSR count). The summed E-state index contributed by atoms with van der Waals surface area (Å²) >= 11 is 0. The van der Waals surface area contributed by atoms with Crippen LogP contribution in [0.5, 0.6) is 0 Å². The monoisotopic (exact) mass is 179 g/mol. The van der Waals surface area contributed by atoms with Gasteiger partial charge in [0.05, 0.1) is 18.8 Å². The summed E-state index contributed by atoms with van der Waals surface area (Å²) in [5, 5.41) is 9.05. The zero-order chi connectivity index (χ0) is 6.85. The van der Waals surface area contributed by atoms with Crippen molar-refractivity contribution >= 4 is 0 Å². The number of hydrogen-bond acceptors (Lipinski definition) is 3. The van der Waals surface area contributed by atoms with Gasteiger partial charge >= 0.3 is 59.1 Å². The van der Waals surface area contributed by atoms with E-state index in [0.717, 1.165) is 6.42 Å². The summed E-state index contributed by atoms with van der Waals surface area (Å²) in [5.74, 6) is 0. The van der Waals surface area contributed by atoms with Crippen molar-refractivity contribution in [2.75, 3.05) is 6.61 Å². The number of aliphatic hydroxyl groups excluding tert-OH is 1. The zero-order valence-electron chi connectivity index (χ0n) is 9.58. The third-order valence-electron chi connectivity index (χ3n) is 1.65. The first-order valence-corrected chi connectivity index (χ1v) is 3.25. The molecule has 3 atom stereocenters. The van der Waals surface area contributed by atoms with Crippen LogP contribution in [-0.2, 0) is 4.74 Å². The average molecular weight is 179 g/mol. The molecule has 1 fully saturated rings. The van der Waals surface area contributed by atoms with Gasteiger partial charge in [-0.1, -0.05) is 0 Å². The van der Waals surface area contributed by atoms with Gasteiger partial charge in [-0.25, -0.2) is 0 Å². The second-order valence-electron chi connectivity index (χ2n) is 2.61. The van der Waals surface area contributed by atoms with Crippen molar-refractivity contribution in [2.24, 2.45) is 5.73 Å². The van der Waals surface area contributed by atoms with E-state index in [4.69, 9.17) is 15.6 Å². The molecule has 0 bridgehead atoms. The van der Waals surface area contributed by atoms with Crippen molar-refractivity contribution in [1.82, 2.24) is 0 Å². The zero-order valence-corrected chi connectivity index (χ0v) is 11.6. The smallest absolute Gasteiger partial charge is 1.00 e. The fourth-order valence-corrected chi connectivity index (χ4v) is 0.995. The van der Waals surface area contributed by atoms with Gasteiger partial charge in [-0.3, -0.25) is 0 Å². The van der Waals surface area contributed by atoms with E-state index in [9.17, 15) is 0 Å². The maximum Gasteiger partial charge on any atom is 1.00 e. The Morgan fingerprint density at radius 1 is 1.55 bits per heavy atom. The van der Waals surface area contributed by atoms with E-state index in [2.05, 4.69) is 0 Å². The van der Waals surface area contributed by atoms with Crippen LogP contribution in [0.1, 0.15) is 16.2 Å². The Labute approximate surface area is 115 Å². The molecule has 0 spiro atoms. The average Bonchev–Trinajstić information content (AvgIpc) is 1.80. The standard InChI is InChI=1S/C6H13NO2.2Na.2H/c1-4-2-5(7)6(8)3-9-4;;;;/h4-6,8H,2-3,7H2,1H3;;;;/q;2*+1;2*-1/t4-,5-,6+;;;;/m1..../s1. The van der Waals surface area contributed by atoms with Gasteiger partial charge in [0, 0.05) is 6.04 Å². The fraction of sp³-hybridized carbons (Fsp3) is 1.00. The minimum Gasteiger partial charge on any atom is -1.00 e. The topological polar surface area (TPSA) is 55.5 Å². The molecule has 1 saturated heterocycles. The van der Waals surface area contributed by atoms with Crippen LogP contribution in [0.15, 0.2) is 0 Å². The summed E-state index contributed by atoms with van der Waals surface area (Å²) in [6.45, 7) is 2.36. The van der Waals surface area contributed by atoms with Gasteiger partial charge in [-0.2, -0.15) is 0 Å². The summed E-state index contributed by atoms with van der Waals surface area (Å²) in [7, 11) is 0. The second kappa shape index (κ2) is 7.30. The minimum absolute atomic E-state index is 0. The molecule has 0 amide bonds. The summed E-state index contributed by atoms with van der Waals surface area (Å²) in [5.41, 5.74) is 5.54. The van der Waals surface area contributed by atoms with Gasteiger partial charge in [-0.15, -0.1) is 0 Å². The van der Waals surface area contributed by atoms with Crippen molar-refractivity contribution < 1.29 is 71.8 Å². The summed E-state index contributed by atoms with van der Waals surface area (Å²) in [4.78, 5) is 0. The van der Waals surface area contributed by atoms with Crippen LogP contribution < -0.4 is 64.8 Å². The van der Waals surface area contributed by atoms with E-state index < -0.39 is 6.10 Å². The van der Waals surface area contributed by atoms with Crippen LogP contribution in [-0.4, -0.2) is 30.0 Å². The van der Waals surface area contributed by atoms with Gasteiger partial charge in [0.25, 0.3) is 0 Å². The summed E-state index contributed by atoms with van der Waals surface area (Å²) in [6, 6.07) is -0.0891. The van der Waals surface area contributed by atoms with E-state index in [0.29, 0.717) is 6.61 Å². The predicted molar refractivity (Wildman–Crippen MR) is 36.2 cm³/mol. The minimum atomic E-state index is -0.457. The fourth-order valence-electron chi connectivity index (χ4n) is 0.995. The van der Waals surface area contributed by atoms with Gasteiger partial charge in [0.2, 0.25) is 0 Å². The number of aliphatic hydroxyl groups is 1. The maximum absolute atomic E-state index is 9.05. The Balaban J connectivity index is -0.000000101. The Kier molecular flexibility index (Phi) is 10.2. The van der Waals surface area contributed by atoms with E-state index in [1.54, 1.807) is 0 Å². The van der Waals surface area contributed by atoms with Crippen LogP contribution >= 0.6 is 0 Å². The Morgan fingerprint density at radius 3 is 2.45 bits per heavy atom. The first-order valence-electron chi connectivity index (χ1n) is 3.25. The molecule has 3 nitrogen and oxygen atoms in total. The van der Waals surface area contributed by atoms with Gasteiger partial charge in [0.1, 0.15) is 0 Å². The Hall–Kier alpha value is 1.88. The number of rotatable bonds is 0. The quantitative estimate of drug-likeness (QED) is 0.364. The normalized spacial score (nSPS) is 36.8. The van der Waals surface area contributed by atoms with E-state index in [1.807, 2.05) is 6.92 Å². The van der Waals surface area contributed by atoms with Crippen molar-refractivity contribution in [3.05, 3.63) is 0 Å². The third kappa shape index (κ3) is 5.24. The van der Waals surface area contributed by atoms with Gasteiger partial charge in [-0.05, 0) is 13.3 Å². The molecule has 0 aromatic rings. The SMILES string of the molecule is C[C@@H]1C[C@@H](N)[C@@H](O)CO1.[H-].[H-].[Na+].[Na+]. The molecule has 3 N–H and O–H groups in total. The van der Waals surface area contributed by atoms with Crippen LogP contribution in [0.4, 0.5) is 0 Å². The molecule has 58 valence electrons. The molecule has 0 radical (unpaired) electrons. The number of ether oxygens (including phenoxy) is 1. The van der Waals surface area contributed by atoms with E-state index >= 15 is 0 Å². The first-order chi connectivity index (χ1) is 4.20. The molecule has 0 aromatic heterocycles. The molecule has 1 heterocycles. The molecule has 0 saturated carbocycles. The first kappa shape index (κ1) is 15.4. The number of nitrogens with two attached hydrogens (primary N) is 1. The van der Waals surface area contributed by atoms with Gasteiger partial charge in [0.15, 0.2) is 0 Å². The molecule has 1 aliphatic heterocycles. The molecule has 11 heavy (non-hydrogen) atoms. The molecule has 5 heteroatoms. The maximum atomic E-state index is 9.05. The van der Waals surface area contributed by atoms with Crippen molar-refractivity contribution in [3.63, 3.8) is 0 Å².